The minimum absolute atomic E-state index is 0.301. The first-order chi connectivity index (χ1) is 4.24. The first-order valence-corrected chi connectivity index (χ1v) is 3.27. The van der Waals surface area contributed by atoms with Crippen LogP contribution in [0, 0.1) is 0 Å². The van der Waals surface area contributed by atoms with Crippen molar-refractivity contribution in [2.45, 2.75) is 31.1 Å². The quantitative estimate of drug-likeness (QED) is 0.432. The Balaban J connectivity index is 2.35. The molecule has 0 amide bonds. The minimum atomic E-state index is -0.512. The molecule has 9 heavy (non-hydrogen) atoms. The van der Waals surface area contributed by atoms with Crippen molar-refractivity contribution in [3.05, 3.63) is 0 Å². The van der Waals surface area contributed by atoms with Gasteiger partial charge >= 0.3 is 0 Å². The van der Waals surface area contributed by atoms with E-state index in [1.54, 1.807) is 0 Å². The lowest BCUT2D eigenvalue weighted by Crippen LogP contribution is -2.22. The summed E-state index contributed by atoms with van der Waals surface area (Å²) in [6, 6.07) is 0.301. The van der Waals surface area contributed by atoms with Crippen molar-refractivity contribution >= 4 is 0 Å². The standard InChI is InChI=1S/C6H13NO2/c1-7-4-2-5(8)6(9)3-4/h4-9H,2-3H2,1H3/t4-,5+,6-. The summed E-state index contributed by atoms with van der Waals surface area (Å²) in [4.78, 5) is 0. The molecular formula is C6H13NO2. The maximum Gasteiger partial charge on any atom is 0.0814 e. The van der Waals surface area contributed by atoms with Crippen molar-refractivity contribution in [3.63, 3.8) is 0 Å². The Kier molecular flexibility index (Phi) is 2.05. The third-order valence-corrected chi connectivity index (χ3v) is 1.90. The molecule has 0 bridgehead atoms. The zero-order chi connectivity index (χ0) is 6.85. The molecule has 1 saturated carbocycles. The topological polar surface area (TPSA) is 52.5 Å². The Morgan fingerprint density at radius 3 is 1.89 bits per heavy atom. The molecule has 0 aromatic rings. The normalized spacial score (nSPS) is 43.7. The summed E-state index contributed by atoms with van der Waals surface area (Å²) in [7, 11) is 1.84. The number of aliphatic hydroxyl groups is 2. The molecule has 54 valence electrons. The van der Waals surface area contributed by atoms with Crippen LogP contribution in [-0.2, 0) is 0 Å². The number of rotatable bonds is 1. The molecule has 0 unspecified atom stereocenters. The Hall–Kier alpha value is -0.120. The lowest BCUT2D eigenvalue weighted by atomic mass is 10.2. The van der Waals surface area contributed by atoms with E-state index in [0.29, 0.717) is 18.9 Å². The predicted octanol–water partition coefficient (Wildman–Crippen LogP) is -0.910. The second-order valence-electron chi connectivity index (χ2n) is 2.59. The average molecular weight is 131 g/mol. The lowest BCUT2D eigenvalue weighted by molar-refractivity contribution is 0.0438. The van der Waals surface area contributed by atoms with Crippen molar-refractivity contribution in [1.29, 1.82) is 0 Å². The zero-order valence-corrected chi connectivity index (χ0v) is 5.54. The molecule has 1 aliphatic rings. The summed E-state index contributed by atoms with van der Waals surface area (Å²) in [5, 5.41) is 21.0. The van der Waals surface area contributed by atoms with Crippen LogP contribution in [0.25, 0.3) is 0 Å². The second-order valence-corrected chi connectivity index (χ2v) is 2.59. The molecule has 1 fully saturated rings. The van der Waals surface area contributed by atoms with Crippen molar-refractivity contribution in [2.24, 2.45) is 0 Å². The smallest absolute Gasteiger partial charge is 0.0814 e. The molecule has 0 saturated heterocycles. The molecule has 3 atom stereocenters. The van der Waals surface area contributed by atoms with Crippen LogP contribution >= 0.6 is 0 Å². The predicted molar refractivity (Wildman–Crippen MR) is 34.1 cm³/mol. The summed E-state index contributed by atoms with van der Waals surface area (Å²) in [5.74, 6) is 0. The summed E-state index contributed by atoms with van der Waals surface area (Å²) >= 11 is 0. The number of hydrogen-bond donors (Lipinski definition) is 3. The van der Waals surface area contributed by atoms with Gasteiger partial charge in [0.2, 0.25) is 0 Å². The van der Waals surface area contributed by atoms with Gasteiger partial charge in [0.1, 0.15) is 0 Å². The van der Waals surface area contributed by atoms with Crippen molar-refractivity contribution in [3.8, 4) is 0 Å². The highest BCUT2D eigenvalue weighted by atomic mass is 16.3. The van der Waals surface area contributed by atoms with Crippen LogP contribution in [0.3, 0.4) is 0 Å². The second kappa shape index (κ2) is 2.64. The molecule has 3 heteroatoms. The molecule has 0 aromatic heterocycles. The lowest BCUT2D eigenvalue weighted by Gasteiger charge is -2.03. The highest BCUT2D eigenvalue weighted by molar-refractivity contribution is 4.85. The van der Waals surface area contributed by atoms with E-state index in [1.807, 2.05) is 7.05 Å². The van der Waals surface area contributed by atoms with Crippen LogP contribution in [0.2, 0.25) is 0 Å². The Bertz CT molecular complexity index is 87.1. The Labute approximate surface area is 54.7 Å². The van der Waals surface area contributed by atoms with Gasteiger partial charge < -0.3 is 15.5 Å². The number of aliphatic hydroxyl groups excluding tert-OH is 2. The Morgan fingerprint density at radius 2 is 1.67 bits per heavy atom. The fourth-order valence-corrected chi connectivity index (χ4v) is 1.23. The number of hydrogen-bond acceptors (Lipinski definition) is 3. The monoisotopic (exact) mass is 131 g/mol. The summed E-state index contributed by atoms with van der Waals surface area (Å²) < 4.78 is 0. The molecule has 3 N–H and O–H groups in total. The molecule has 1 rings (SSSR count). The molecular weight excluding hydrogens is 118 g/mol. The van der Waals surface area contributed by atoms with Crippen molar-refractivity contribution in [2.75, 3.05) is 7.05 Å². The van der Waals surface area contributed by atoms with Crippen molar-refractivity contribution < 1.29 is 10.2 Å². The molecule has 0 spiro atoms. The van der Waals surface area contributed by atoms with Gasteiger partial charge in [0, 0.05) is 6.04 Å². The average Bonchev–Trinajstić information content (AvgIpc) is 2.13. The van der Waals surface area contributed by atoms with E-state index in [0.717, 1.165) is 0 Å². The van der Waals surface area contributed by atoms with Gasteiger partial charge in [-0.2, -0.15) is 0 Å². The fraction of sp³-hybridized carbons (Fsp3) is 1.00. The van der Waals surface area contributed by atoms with Gasteiger partial charge in [-0.05, 0) is 19.9 Å². The SMILES string of the molecule is CN[C@H]1C[C@@H](O)[C@@H](O)C1. The summed E-state index contributed by atoms with van der Waals surface area (Å²) in [5.41, 5.74) is 0. The Morgan fingerprint density at radius 1 is 1.22 bits per heavy atom. The molecule has 0 aromatic carbocycles. The third kappa shape index (κ3) is 1.41. The van der Waals surface area contributed by atoms with Crippen LogP contribution in [-0.4, -0.2) is 35.5 Å². The summed E-state index contributed by atoms with van der Waals surface area (Å²) in [6.45, 7) is 0. The van der Waals surface area contributed by atoms with E-state index in [1.165, 1.54) is 0 Å². The van der Waals surface area contributed by atoms with Crippen LogP contribution in [0.15, 0.2) is 0 Å². The van der Waals surface area contributed by atoms with Crippen LogP contribution < -0.4 is 5.32 Å². The summed E-state index contributed by atoms with van der Waals surface area (Å²) in [6.07, 6.45) is 0.333. The fourth-order valence-electron chi connectivity index (χ4n) is 1.23. The van der Waals surface area contributed by atoms with Gasteiger partial charge in [-0.25, -0.2) is 0 Å². The van der Waals surface area contributed by atoms with Crippen LogP contribution in [0.1, 0.15) is 12.8 Å². The molecule has 0 heterocycles. The van der Waals surface area contributed by atoms with Gasteiger partial charge in [-0.3, -0.25) is 0 Å². The largest absolute Gasteiger partial charge is 0.390 e. The highest BCUT2D eigenvalue weighted by Crippen LogP contribution is 2.18. The van der Waals surface area contributed by atoms with Crippen LogP contribution in [0.4, 0.5) is 0 Å². The molecule has 3 nitrogen and oxygen atoms in total. The zero-order valence-electron chi connectivity index (χ0n) is 5.54. The maximum absolute atomic E-state index is 9.01. The third-order valence-electron chi connectivity index (χ3n) is 1.90. The molecule has 0 radical (unpaired) electrons. The van der Waals surface area contributed by atoms with E-state index in [-0.39, 0.29) is 0 Å². The van der Waals surface area contributed by atoms with Gasteiger partial charge in [0.05, 0.1) is 12.2 Å². The van der Waals surface area contributed by atoms with Crippen LogP contribution in [0.5, 0.6) is 0 Å². The van der Waals surface area contributed by atoms with Gasteiger partial charge in [0.15, 0.2) is 0 Å². The van der Waals surface area contributed by atoms with Gasteiger partial charge in [-0.15, -0.1) is 0 Å². The van der Waals surface area contributed by atoms with Gasteiger partial charge in [-0.1, -0.05) is 0 Å². The molecule has 0 aliphatic heterocycles. The van der Waals surface area contributed by atoms with E-state index >= 15 is 0 Å². The molecule has 1 aliphatic carbocycles. The first-order valence-electron chi connectivity index (χ1n) is 3.27. The van der Waals surface area contributed by atoms with Crippen molar-refractivity contribution in [1.82, 2.24) is 5.32 Å². The van der Waals surface area contributed by atoms with E-state index in [4.69, 9.17) is 10.2 Å². The highest BCUT2D eigenvalue weighted by Gasteiger charge is 2.29. The number of nitrogens with one attached hydrogen (secondary N) is 1. The minimum Gasteiger partial charge on any atom is -0.390 e. The van der Waals surface area contributed by atoms with E-state index < -0.39 is 12.2 Å². The first kappa shape index (κ1) is 6.99. The van der Waals surface area contributed by atoms with Gasteiger partial charge in [0.25, 0.3) is 0 Å². The maximum atomic E-state index is 9.01. The van der Waals surface area contributed by atoms with E-state index in [9.17, 15) is 0 Å². The van der Waals surface area contributed by atoms with E-state index in [2.05, 4.69) is 5.32 Å².